The van der Waals surface area contributed by atoms with Crippen LogP contribution in [0.5, 0.6) is 0 Å². The third-order valence-electron chi connectivity index (χ3n) is 7.24. The summed E-state index contributed by atoms with van der Waals surface area (Å²) in [5.74, 6) is -3.96. The monoisotopic (exact) mass is 491 g/mol. The second kappa shape index (κ2) is 10.1. The minimum atomic E-state index is -1.58. The molecule has 1 saturated carbocycles. The van der Waals surface area contributed by atoms with Crippen LogP contribution >= 0.6 is 0 Å². The van der Waals surface area contributed by atoms with Gasteiger partial charge in [0.2, 0.25) is 0 Å². The Labute approximate surface area is 205 Å². The van der Waals surface area contributed by atoms with Crippen molar-refractivity contribution in [1.29, 1.82) is 0 Å². The third kappa shape index (κ3) is 4.99. The summed E-state index contributed by atoms with van der Waals surface area (Å²) in [6.07, 6.45) is 3.25. The van der Waals surface area contributed by atoms with Gasteiger partial charge in [0, 0.05) is 54.2 Å². The summed E-state index contributed by atoms with van der Waals surface area (Å²) < 4.78 is 66.1. The minimum Gasteiger partial charge on any atom is -0.381 e. The van der Waals surface area contributed by atoms with Crippen molar-refractivity contribution in [1.82, 2.24) is 20.4 Å². The molecule has 3 heterocycles. The Morgan fingerprint density at radius 3 is 2.49 bits per heavy atom. The number of halogens is 3. The van der Waals surface area contributed by atoms with Crippen molar-refractivity contribution in [2.24, 2.45) is 17.8 Å². The van der Waals surface area contributed by atoms with Gasteiger partial charge in [-0.2, -0.15) is 0 Å². The van der Waals surface area contributed by atoms with Crippen LogP contribution in [0.4, 0.5) is 19.0 Å². The first-order chi connectivity index (χ1) is 17.7. The Bertz CT molecular complexity index is 1150. The molecule has 7 nitrogen and oxygen atoms in total. The lowest BCUT2D eigenvalue weighted by Crippen LogP contribution is -2.32. The summed E-state index contributed by atoms with van der Waals surface area (Å²) in [7, 11) is 1.20. The van der Waals surface area contributed by atoms with Crippen molar-refractivity contribution >= 4 is 11.7 Å². The number of amides is 1. The normalized spacial score (nSPS) is 26.2. The molecule has 1 aliphatic carbocycles. The zero-order valence-corrected chi connectivity index (χ0v) is 19.5. The number of fused-ring (bicyclic) bond motifs is 1. The van der Waals surface area contributed by atoms with Crippen LogP contribution in [0.2, 0.25) is 0 Å². The number of likely N-dealkylation sites (tertiary alicyclic amines) is 1. The third-order valence-corrected chi connectivity index (χ3v) is 7.24. The van der Waals surface area contributed by atoms with E-state index < -0.39 is 41.0 Å². The number of carbonyl (C=O) groups excluding carboxylic acids is 1. The summed E-state index contributed by atoms with van der Waals surface area (Å²) in [5.41, 5.74) is -1.46. The van der Waals surface area contributed by atoms with Crippen LogP contribution < -0.4 is 10.6 Å². The van der Waals surface area contributed by atoms with Crippen LogP contribution in [0.3, 0.4) is 0 Å². The molecule has 188 valence electrons. The fourth-order valence-corrected chi connectivity index (χ4v) is 5.48. The van der Waals surface area contributed by atoms with Crippen molar-refractivity contribution in [3.05, 3.63) is 41.2 Å². The molecule has 2 saturated heterocycles. The zero-order chi connectivity index (χ0) is 26.3. The predicted octanol–water partition coefficient (Wildman–Crippen LogP) is 3.47. The number of nitrogens with zero attached hydrogens (tertiary/aromatic N) is 3. The number of carbonyl (C=O) groups is 1. The van der Waals surface area contributed by atoms with Crippen molar-refractivity contribution in [2.75, 3.05) is 45.2 Å². The maximum Gasteiger partial charge on any atom is 0.257 e. The van der Waals surface area contributed by atoms with Gasteiger partial charge in [0.15, 0.2) is 11.6 Å². The summed E-state index contributed by atoms with van der Waals surface area (Å²) in [4.78, 5) is 13.7. The number of rotatable bonds is 6. The Hall–Kier alpha value is -2.72. The number of hydrogen-bond acceptors (Lipinski definition) is 6. The van der Waals surface area contributed by atoms with E-state index in [1.54, 1.807) is 6.07 Å². The van der Waals surface area contributed by atoms with Gasteiger partial charge in [-0.1, -0.05) is 0 Å². The van der Waals surface area contributed by atoms with Crippen LogP contribution in [-0.4, -0.2) is 66.9 Å². The molecule has 5 rings (SSSR count). The fraction of sp³-hybridized carbons (Fsp3) is 0.560. The van der Waals surface area contributed by atoms with Crippen LogP contribution in [0, 0.1) is 35.2 Å². The van der Waals surface area contributed by atoms with Gasteiger partial charge in [-0.15, -0.1) is 10.2 Å². The van der Waals surface area contributed by atoms with E-state index in [1.807, 2.05) is 4.90 Å². The highest BCUT2D eigenvalue weighted by molar-refractivity contribution is 5.95. The smallest absolute Gasteiger partial charge is 0.257 e. The van der Waals surface area contributed by atoms with Gasteiger partial charge in [-0.3, -0.25) is 4.79 Å². The molecule has 10 heteroatoms. The first-order valence-electron chi connectivity index (χ1n) is 13.0. The van der Waals surface area contributed by atoms with Crippen LogP contribution in [0.1, 0.15) is 38.8 Å². The molecule has 35 heavy (non-hydrogen) atoms. The number of anilines is 1. The maximum absolute atomic E-state index is 14.6. The molecule has 2 aromatic rings. The van der Waals surface area contributed by atoms with Crippen molar-refractivity contribution in [3.63, 3.8) is 0 Å². The molecular weight excluding hydrogens is 459 g/mol. The highest BCUT2D eigenvalue weighted by Crippen LogP contribution is 2.39. The van der Waals surface area contributed by atoms with Crippen LogP contribution in [0.15, 0.2) is 18.2 Å². The van der Waals surface area contributed by atoms with Crippen molar-refractivity contribution in [2.45, 2.75) is 31.7 Å². The van der Waals surface area contributed by atoms with Crippen LogP contribution in [0.25, 0.3) is 11.3 Å². The Kier molecular flexibility index (Phi) is 6.22. The topological polar surface area (TPSA) is 79.4 Å². The Morgan fingerprint density at radius 2 is 1.86 bits per heavy atom. The molecule has 3 atom stereocenters. The van der Waals surface area contributed by atoms with Crippen LogP contribution in [-0.2, 0) is 4.74 Å². The van der Waals surface area contributed by atoms with E-state index in [0.29, 0.717) is 30.9 Å². The first kappa shape index (κ1) is 21.6. The highest BCUT2D eigenvalue weighted by atomic mass is 19.2. The number of benzene rings is 1. The Morgan fingerprint density at radius 1 is 1.14 bits per heavy atom. The van der Waals surface area contributed by atoms with Gasteiger partial charge in [0.05, 0.1) is 5.69 Å². The zero-order valence-electron chi connectivity index (χ0n) is 21.5. The highest BCUT2D eigenvalue weighted by Gasteiger charge is 2.41. The second-order valence-electron chi connectivity index (χ2n) is 9.55. The lowest BCUT2D eigenvalue weighted by molar-refractivity contribution is 0.0545. The molecule has 3 fully saturated rings. The standard InChI is InChI=1S/C25H30F3N5O2/c1-29-25(34)22-19(26)10-18(23(27)24(22)28)20-2-3-21(32-31-20)30-17-8-15-12-33(13-16(15)9-17)11-14-4-6-35-7-5-14/h2-3,10,14-17H,4-9,11-13H2,1H3,(H,29,34)(H,30,32)/t15-,16+,17?/i11D2. The average Bonchev–Trinajstić information content (AvgIpc) is 3.46. The van der Waals surface area contributed by atoms with E-state index >= 15 is 0 Å². The number of aromatic nitrogens is 2. The van der Waals surface area contributed by atoms with Gasteiger partial charge in [0.25, 0.3) is 5.91 Å². The lowest BCUT2D eigenvalue weighted by Gasteiger charge is -2.27. The average molecular weight is 492 g/mol. The summed E-state index contributed by atoms with van der Waals surface area (Å²) in [6.45, 7) is 1.36. The molecule has 1 aromatic carbocycles. The molecule has 1 amide bonds. The van der Waals surface area contributed by atoms with E-state index in [0.717, 1.165) is 44.8 Å². The molecule has 0 bridgehead atoms. The minimum absolute atomic E-state index is 0.00502. The predicted molar refractivity (Wildman–Crippen MR) is 124 cm³/mol. The largest absolute Gasteiger partial charge is 0.381 e. The molecule has 3 aliphatic rings. The number of hydrogen-bond donors (Lipinski definition) is 2. The lowest BCUT2D eigenvalue weighted by atomic mass is 10.00. The van der Waals surface area contributed by atoms with E-state index in [1.165, 1.54) is 13.1 Å². The van der Waals surface area contributed by atoms with E-state index in [-0.39, 0.29) is 17.7 Å². The van der Waals surface area contributed by atoms with Gasteiger partial charge in [-0.25, -0.2) is 13.2 Å². The molecule has 0 radical (unpaired) electrons. The fourth-order valence-electron chi connectivity index (χ4n) is 5.48. The Balaban J connectivity index is 1.21. The van der Waals surface area contributed by atoms with Gasteiger partial charge in [0.1, 0.15) is 17.2 Å². The van der Waals surface area contributed by atoms with Gasteiger partial charge >= 0.3 is 0 Å². The van der Waals surface area contributed by atoms with Crippen molar-refractivity contribution in [3.8, 4) is 11.3 Å². The first-order valence-corrected chi connectivity index (χ1v) is 12.0. The summed E-state index contributed by atoms with van der Waals surface area (Å²) in [5, 5.41) is 13.4. The number of nitrogens with one attached hydrogen (secondary N) is 2. The van der Waals surface area contributed by atoms with E-state index in [2.05, 4.69) is 20.8 Å². The van der Waals surface area contributed by atoms with Gasteiger partial charge in [-0.05, 0) is 61.6 Å². The second-order valence-corrected chi connectivity index (χ2v) is 9.55. The van der Waals surface area contributed by atoms with Gasteiger partial charge < -0.3 is 20.3 Å². The molecule has 2 aliphatic heterocycles. The molecule has 0 spiro atoms. The molecule has 1 aromatic heterocycles. The molecule has 2 N–H and O–H groups in total. The van der Waals surface area contributed by atoms with E-state index in [4.69, 9.17) is 7.48 Å². The number of ether oxygens (including phenoxy) is 1. The molecule has 1 unspecified atom stereocenters. The SMILES string of the molecule is [2H]C([2H])(C1CCOCC1)N1C[C@H]2CC(Nc3ccc(-c4cc(F)c(C(=O)NC)c(F)c4F)nn3)C[C@H]2C1. The van der Waals surface area contributed by atoms with E-state index in [9.17, 15) is 18.0 Å². The van der Waals surface area contributed by atoms with Crippen molar-refractivity contribution < 1.29 is 25.4 Å². The molecular formula is C25H30F3N5O2. The summed E-state index contributed by atoms with van der Waals surface area (Å²) in [6, 6.07) is 3.88. The quantitative estimate of drug-likeness (QED) is 0.603. The summed E-state index contributed by atoms with van der Waals surface area (Å²) >= 11 is 0. The maximum atomic E-state index is 14.6.